The minimum absolute atomic E-state index is 0.275. The van der Waals surface area contributed by atoms with Gasteiger partial charge in [0.25, 0.3) is 0 Å². The third-order valence-electron chi connectivity index (χ3n) is 3.03. The highest BCUT2D eigenvalue weighted by molar-refractivity contribution is 5.94. The highest BCUT2D eigenvalue weighted by Crippen LogP contribution is 2.17. The zero-order chi connectivity index (χ0) is 13.8. The van der Waals surface area contributed by atoms with Crippen LogP contribution in [0.1, 0.15) is 16.8 Å². The van der Waals surface area contributed by atoms with Crippen molar-refractivity contribution in [1.82, 2.24) is 5.16 Å². The first kappa shape index (κ1) is 13.3. The number of anilines is 1. The molecule has 19 heavy (non-hydrogen) atoms. The van der Waals surface area contributed by atoms with Gasteiger partial charge >= 0.3 is 0 Å². The molecule has 3 N–H and O–H groups in total. The lowest BCUT2D eigenvalue weighted by atomic mass is 10.1. The number of aryl methyl sites for hydroxylation is 1. The zero-order valence-electron chi connectivity index (χ0n) is 11.0. The van der Waals surface area contributed by atoms with Crippen molar-refractivity contribution in [2.45, 2.75) is 26.3 Å². The van der Waals surface area contributed by atoms with Crippen molar-refractivity contribution in [2.75, 3.05) is 5.32 Å². The van der Waals surface area contributed by atoms with Gasteiger partial charge in [0.1, 0.15) is 0 Å². The number of carbonyl (C=O) groups is 1. The van der Waals surface area contributed by atoms with E-state index in [0.29, 0.717) is 12.3 Å². The quantitative estimate of drug-likeness (QED) is 0.877. The van der Waals surface area contributed by atoms with Crippen LogP contribution in [0, 0.1) is 13.8 Å². The molecule has 0 aliphatic heterocycles. The minimum atomic E-state index is -0.618. The number of benzene rings is 1. The lowest BCUT2D eigenvalue weighted by Gasteiger charge is -2.10. The molecule has 0 aliphatic carbocycles. The molecule has 0 spiro atoms. The third-order valence-corrected chi connectivity index (χ3v) is 3.03. The van der Waals surface area contributed by atoms with Gasteiger partial charge in [0.15, 0.2) is 0 Å². The summed E-state index contributed by atoms with van der Waals surface area (Å²) < 4.78 is 5.03. The van der Waals surface area contributed by atoms with Crippen molar-refractivity contribution in [3.8, 4) is 0 Å². The van der Waals surface area contributed by atoms with Gasteiger partial charge in [0.05, 0.1) is 11.7 Å². The van der Waals surface area contributed by atoms with Gasteiger partial charge in [-0.25, -0.2) is 0 Å². The summed E-state index contributed by atoms with van der Waals surface area (Å²) in [6, 6.07) is 9.03. The molecule has 1 aromatic carbocycles. The average Bonchev–Trinajstić information content (AvgIpc) is 2.72. The molecule has 0 unspecified atom stereocenters. The fourth-order valence-electron chi connectivity index (χ4n) is 1.70. The molecule has 1 aromatic heterocycles. The molecule has 1 heterocycles. The molecule has 5 nitrogen and oxygen atoms in total. The highest BCUT2D eigenvalue weighted by atomic mass is 16.5. The molecule has 0 radical (unpaired) electrons. The van der Waals surface area contributed by atoms with Gasteiger partial charge in [-0.2, -0.15) is 0 Å². The van der Waals surface area contributed by atoms with Crippen molar-refractivity contribution in [3.63, 3.8) is 0 Å². The monoisotopic (exact) mass is 259 g/mol. The molecule has 0 fully saturated rings. The van der Waals surface area contributed by atoms with E-state index in [4.69, 9.17) is 10.3 Å². The number of hydrogen-bond donors (Lipinski definition) is 2. The summed E-state index contributed by atoms with van der Waals surface area (Å²) in [5, 5.41) is 6.44. The summed E-state index contributed by atoms with van der Waals surface area (Å²) in [5.41, 5.74) is 8.48. The van der Waals surface area contributed by atoms with Gasteiger partial charge in [0, 0.05) is 5.56 Å². The molecule has 2 aromatic rings. The van der Waals surface area contributed by atoms with Crippen LogP contribution in [0.4, 0.5) is 5.88 Å². The van der Waals surface area contributed by atoms with Gasteiger partial charge in [0.2, 0.25) is 11.8 Å². The minimum Gasteiger partial charge on any atom is -0.338 e. The molecular weight excluding hydrogens is 242 g/mol. The molecule has 1 amide bonds. The lowest BCUT2D eigenvalue weighted by molar-refractivity contribution is -0.117. The molecule has 2 rings (SSSR count). The molecule has 0 saturated carbocycles. The molecular formula is C14H17N3O2. The van der Waals surface area contributed by atoms with Crippen molar-refractivity contribution < 1.29 is 9.32 Å². The predicted molar refractivity (Wildman–Crippen MR) is 72.7 cm³/mol. The Morgan fingerprint density at radius 3 is 2.63 bits per heavy atom. The van der Waals surface area contributed by atoms with E-state index >= 15 is 0 Å². The molecule has 0 saturated heterocycles. The van der Waals surface area contributed by atoms with E-state index in [1.165, 1.54) is 0 Å². The van der Waals surface area contributed by atoms with Crippen molar-refractivity contribution in [3.05, 3.63) is 47.2 Å². The second-order valence-electron chi connectivity index (χ2n) is 4.51. The van der Waals surface area contributed by atoms with Gasteiger partial charge in [-0.3, -0.25) is 10.1 Å². The maximum atomic E-state index is 12.0. The van der Waals surface area contributed by atoms with Crippen LogP contribution >= 0.6 is 0 Å². The number of carbonyl (C=O) groups excluding carboxylic acids is 1. The number of hydrogen-bond acceptors (Lipinski definition) is 4. The van der Waals surface area contributed by atoms with Crippen molar-refractivity contribution in [2.24, 2.45) is 5.73 Å². The van der Waals surface area contributed by atoms with Crippen LogP contribution in [0.2, 0.25) is 0 Å². The van der Waals surface area contributed by atoms with Gasteiger partial charge in [-0.1, -0.05) is 35.5 Å². The Bertz CT molecular complexity index is 563. The van der Waals surface area contributed by atoms with Gasteiger partial charge in [-0.15, -0.1) is 0 Å². The summed E-state index contributed by atoms with van der Waals surface area (Å²) in [7, 11) is 0. The summed E-state index contributed by atoms with van der Waals surface area (Å²) >= 11 is 0. The zero-order valence-corrected chi connectivity index (χ0v) is 11.0. The Labute approximate surface area is 111 Å². The van der Waals surface area contributed by atoms with E-state index in [9.17, 15) is 4.79 Å². The first-order valence-corrected chi connectivity index (χ1v) is 6.11. The van der Waals surface area contributed by atoms with Crippen LogP contribution in [-0.4, -0.2) is 17.1 Å². The number of nitrogens with zero attached hydrogens (tertiary/aromatic N) is 1. The van der Waals surface area contributed by atoms with Crippen LogP contribution < -0.4 is 11.1 Å². The Morgan fingerprint density at radius 1 is 1.37 bits per heavy atom. The van der Waals surface area contributed by atoms with Crippen LogP contribution in [-0.2, 0) is 11.2 Å². The van der Waals surface area contributed by atoms with E-state index in [0.717, 1.165) is 16.8 Å². The average molecular weight is 259 g/mol. The number of amides is 1. The molecule has 0 aliphatic rings. The van der Waals surface area contributed by atoms with Gasteiger partial charge in [-0.05, 0) is 25.8 Å². The number of nitrogens with one attached hydrogen (secondary N) is 1. The summed E-state index contributed by atoms with van der Waals surface area (Å²) in [6.45, 7) is 3.66. The van der Waals surface area contributed by atoms with Crippen molar-refractivity contribution >= 4 is 11.8 Å². The maximum Gasteiger partial charge on any atom is 0.244 e. The maximum absolute atomic E-state index is 12.0. The SMILES string of the molecule is Cc1noc(NC(=O)[C@@H](N)Cc2ccccc2)c1C. The van der Waals surface area contributed by atoms with Crippen LogP contribution in [0.5, 0.6) is 0 Å². The van der Waals surface area contributed by atoms with E-state index in [2.05, 4.69) is 10.5 Å². The second-order valence-corrected chi connectivity index (χ2v) is 4.51. The van der Waals surface area contributed by atoms with E-state index < -0.39 is 6.04 Å². The van der Waals surface area contributed by atoms with E-state index in [1.54, 1.807) is 0 Å². The Morgan fingerprint density at radius 2 is 2.05 bits per heavy atom. The fourth-order valence-corrected chi connectivity index (χ4v) is 1.70. The highest BCUT2D eigenvalue weighted by Gasteiger charge is 2.17. The number of rotatable bonds is 4. The van der Waals surface area contributed by atoms with Crippen molar-refractivity contribution in [1.29, 1.82) is 0 Å². The van der Waals surface area contributed by atoms with E-state index in [1.807, 2.05) is 44.2 Å². The number of nitrogens with two attached hydrogens (primary N) is 1. The second kappa shape index (κ2) is 5.67. The molecule has 5 heteroatoms. The first-order chi connectivity index (χ1) is 9.08. The first-order valence-electron chi connectivity index (χ1n) is 6.11. The third kappa shape index (κ3) is 3.20. The summed E-state index contributed by atoms with van der Waals surface area (Å²) in [5.74, 6) is 0.0918. The van der Waals surface area contributed by atoms with Crippen LogP contribution in [0.25, 0.3) is 0 Å². The summed E-state index contributed by atoms with van der Waals surface area (Å²) in [6.07, 6.45) is 0.485. The normalized spacial score (nSPS) is 12.2. The Kier molecular flexibility index (Phi) is 3.97. The predicted octanol–water partition coefficient (Wildman–Crippen LogP) is 1.80. The topological polar surface area (TPSA) is 81.2 Å². The Balaban J connectivity index is 1.98. The molecule has 1 atom stereocenters. The van der Waals surface area contributed by atoms with Crippen LogP contribution in [0.3, 0.4) is 0 Å². The smallest absolute Gasteiger partial charge is 0.244 e. The van der Waals surface area contributed by atoms with Crippen LogP contribution in [0.15, 0.2) is 34.9 Å². The largest absolute Gasteiger partial charge is 0.338 e. The number of aromatic nitrogens is 1. The summed E-state index contributed by atoms with van der Waals surface area (Å²) in [4.78, 5) is 12.0. The lowest BCUT2D eigenvalue weighted by Crippen LogP contribution is -2.37. The molecule has 0 bridgehead atoms. The van der Waals surface area contributed by atoms with Gasteiger partial charge < -0.3 is 10.3 Å². The standard InChI is InChI=1S/C14H17N3O2/c1-9-10(2)17-19-14(9)16-13(18)12(15)8-11-6-4-3-5-7-11/h3-7,12H,8,15H2,1-2H3,(H,16,18)/t12-/m0/s1. The Hall–Kier alpha value is -2.14. The fraction of sp³-hybridized carbons (Fsp3) is 0.286. The molecule has 100 valence electrons. The van der Waals surface area contributed by atoms with E-state index in [-0.39, 0.29) is 5.91 Å².